The molecule has 0 amide bonds. The Bertz CT molecular complexity index is 868. The van der Waals surface area contributed by atoms with Crippen molar-refractivity contribution >= 4 is 5.95 Å². The van der Waals surface area contributed by atoms with Gasteiger partial charge < -0.3 is 40.8 Å². The Balaban J connectivity index is 0.000000351. The second-order valence-corrected chi connectivity index (χ2v) is 5.36. The van der Waals surface area contributed by atoms with E-state index < -0.39 is 0 Å². The van der Waals surface area contributed by atoms with Crippen LogP contribution in [-0.4, -0.2) is 17.1 Å². The average molecular weight is 385 g/mol. The molecule has 0 aliphatic carbocycles. The van der Waals surface area contributed by atoms with Crippen LogP contribution < -0.4 is 10.5 Å². The van der Waals surface area contributed by atoms with Gasteiger partial charge >= 0.3 is 0 Å². The number of benzene rings is 1. The van der Waals surface area contributed by atoms with Gasteiger partial charge in [0, 0.05) is 22.8 Å². The Morgan fingerprint density at radius 1 is 0.923 bits per heavy atom. The predicted molar refractivity (Wildman–Crippen MR) is 101 cm³/mol. The largest absolute Gasteiger partial charge is 0.748 e. The van der Waals surface area contributed by atoms with Crippen LogP contribution >= 0.6 is 0 Å². The summed E-state index contributed by atoms with van der Waals surface area (Å²) in [5.41, 5.74) is 9.46. The SMILES string of the molecule is COc1ccc(-c2cc(-[c-]3cccc3)nc(N)n2)cc1.[Fe].[cH-]1[cH-][cH-][cH-][cH-]1. The quantitative estimate of drug-likeness (QED) is 0.416. The Morgan fingerprint density at radius 2 is 1.50 bits per heavy atom. The number of hydrogen-bond acceptors (Lipinski definition) is 4. The van der Waals surface area contributed by atoms with E-state index >= 15 is 0 Å². The van der Waals surface area contributed by atoms with Gasteiger partial charge in [-0.1, -0.05) is 11.6 Å². The zero-order valence-electron chi connectivity index (χ0n) is 14.3. The molecule has 0 atom stereocenters. The van der Waals surface area contributed by atoms with Crippen LogP contribution in [0, 0.1) is 0 Å². The molecule has 5 heteroatoms. The van der Waals surface area contributed by atoms with Gasteiger partial charge in [0.25, 0.3) is 0 Å². The van der Waals surface area contributed by atoms with Crippen LogP contribution in [0.5, 0.6) is 5.75 Å². The van der Waals surface area contributed by atoms with Crippen molar-refractivity contribution in [2.24, 2.45) is 0 Å². The Morgan fingerprint density at radius 3 is 2.04 bits per heavy atom. The molecule has 0 bridgehead atoms. The van der Waals surface area contributed by atoms with Crippen molar-refractivity contribution in [3.05, 3.63) is 84.9 Å². The first kappa shape index (κ1) is 19.4. The minimum Gasteiger partial charge on any atom is -0.748 e. The third-order valence-electron chi connectivity index (χ3n) is 3.64. The monoisotopic (exact) mass is 385 g/mol. The van der Waals surface area contributed by atoms with E-state index in [1.54, 1.807) is 7.11 Å². The molecule has 1 aromatic heterocycles. The molecular formula is C21H19FeN3O-6. The van der Waals surface area contributed by atoms with Gasteiger partial charge in [-0.15, -0.1) is 12.1 Å². The maximum Gasteiger partial charge on any atom is 0.218 e. The summed E-state index contributed by atoms with van der Waals surface area (Å²) in [5.74, 6) is 1.08. The summed E-state index contributed by atoms with van der Waals surface area (Å²) in [5, 5.41) is 0. The number of ether oxygens (including phenoxy) is 1. The van der Waals surface area contributed by atoms with Crippen LogP contribution in [0.15, 0.2) is 84.9 Å². The number of rotatable bonds is 3. The molecule has 3 aromatic carbocycles. The second kappa shape index (κ2) is 9.56. The van der Waals surface area contributed by atoms with E-state index in [1.165, 1.54) is 0 Å². The summed E-state index contributed by atoms with van der Waals surface area (Å²) in [6.07, 6.45) is 0. The van der Waals surface area contributed by atoms with E-state index in [4.69, 9.17) is 10.5 Å². The number of methoxy groups -OCH3 is 1. The van der Waals surface area contributed by atoms with Gasteiger partial charge in [-0.2, -0.15) is 12.1 Å². The number of nitrogens with two attached hydrogens (primary N) is 1. The summed E-state index contributed by atoms with van der Waals surface area (Å²) in [7, 11) is 1.64. The van der Waals surface area contributed by atoms with Gasteiger partial charge in [0.1, 0.15) is 5.75 Å². The molecule has 0 saturated heterocycles. The zero-order chi connectivity index (χ0) is 17.5. The summed E-state index contributed by atoms with van der Waals surface area (Å²) in [6, 6.07) is 27.6. The molecule has 0 fully saturated rings. The third kappa shape index (κ3) is 5.06. The molecule has 1 heterocycles. The van der Waals surface area contributed by atoms with E-state index in [-0.39, 0.29) is 23.0 Å². The Kier molecular flexibility index (Phi) is 7.15. The van der Waals surface area contributed by atoms with Gasteiger partial charge in [-0.25, -0.2) is 9.97 Å². The van der Waals surface area contributed by atoms with Gasteiger partial charge in [0.2, 0.25) is 5.95 Å². The molecule has 0 aliphatic rings. The third-order valence-corrected chi connectivity index (χ3v) is 3.64. The van der Waals surface area contributed by atoms with Crippen molar-refractivity contribution in [3.63, 3.8) is 0 Å². The first-order valence-electron chi connectivity index (χ1n) is 7.94. The predicted octanol–water partition coefficient (Wildman–Crippen LogP) is 4.52. The summed E-state index contributed by atoms with van der Waals surface area (Å²) < 4.78 is 5.15. The molecule has 0 spiro atoms. The van der Waals surface area contributed by atoms with Gasteiger partial charge in [-0.05, 0) is 35.5 Å². The molecule has 0 aliphatic heterocycles. The number of hydrogen-bond donors (Lipinski definition) is 1. The molecule has 4 nitrogen and oxygen atoms in total. The van der Waals surface area contributed by atoms with Crippen molar-refractivity contribution in [3.8, 4) is 28.3 Å². The second-order valence-electron chi connectivity index (χ2n) is 5.36. The summed E-state index contributed by atoms with van der Waals surface area (Å²) >= 11 is 0. The summed E-state index contributed by atoms with van der Waals surface area (Å²) in [4.78, 5) is 8.57. The van der Waals surface area contributed by atoms with Crippen LogP contribution in [0.3, 0.4) is 0 Å². The minimum absolute atomic E-state index is 0. The standard InChI is InChI=1S/C16H14N3O.C5H5.Fe/c1-20-13-8-6-12(7-9-13)15-10-14(18-16(17)19-15)11-4-2-3-5-11;1-2-4-5-3-1;/h2-10H,1H3,(H2,17,18,19);1-5H;/q-1;-5;. The molecule has 138 valence electrons. The van der Waals surface area contributed by atoms with Crippen molar-refractivity contribution in [1.82, 2.24) is 9.97 Å². The number of nitrogen functional groups attached to an aromatic ring is 1. The molecule has 0 unspecified atom stereocenters. The zero-order valence-corrected chi connectivity index (χ0v) is 15.4. The van der Waals surface area contributed by atoms with Crippen LogP contribution in [-0.2, 0) is 17.1 Å². The van der Waals surface area contributed by atoms with Crippen molar-refractivity contribution < 1.29 is 21.8 Å². The first-order valence-corrected chi connectivity index (χ1v) is 7.94. The van der Waals surface area contributed by atoms with E-state index in [0.717, 1.165) is 28.3 Å². The van der Waals surface area contributed by atoms with Crippen LogP contribution in [0.25, 0.3) is 22.5 Å². The van der Waals surface area contributed by atoms with Crippen LogP contribution in [0.4, 0.5) is 5.95 Å². The fraction of sp³-hybridized carbons (Fsp3) is 0.0476. The fourth-order valence-electron chi connectivity index (χ4n) is 2.39. The average Bonchev–Trinajstić information content (AvgIpc) is 3.37. The van der Waals surface area contributed by atoms with E-state index in [1.807, 2.05) is 84.9 Å². The van der Waals surface area contributed by atoms with Gasteiger partial charge in [0.15, 0.2) is 0 Å². The maximum atomic E-state index is 5.81. The number of aromatic nitrogens is 2. The van der Waals surface area contributed by atoms with Gasteiger partial charge in [-0.3, -0.25) is 0 Å². The summed E-state index contributed by atoms with van der Waals surface area (Å²) in [6.45, 7) is 0. The minimum atomic E-state index is 0. The molecule has 2 N–H and O–H groups in total. The van der Waals surface area contributed by atoms with Crippen LogP contribution in [0.1, 0.15) is 0 Å². The number of nitrogens with zero attached hydrogens (tertiary/aromatic N) is 2. The molecule has 4 aromatic rings. The Hall–Kier alpha value is -2.88. The first-order chi connectivity index (χ1) is 12.3. The maximum absolute atomic E-state index is 5.81. The molecule has 26 heavy (non-hydrogen) atoms. The van der Waals surface area contributed by atoms with Crippen LogP contribution in [0.2, 0.25) is 0 Å². The van der Waals surface area contributed by atoms with Crippen molar-refractivity contribution in [1.29, 1.82) is 0 Å². The molecular weight excluding hydrogens is 366 g/mol. The topological polar surface area (TPSA) is 61.0 Å². The van der Waals surface area contributed by atoms with E-state index in [0.29, 0.717) is 0 Å². The van der Waals surface area contributed by atoms with E-state index in [9.17, 15) is 0 Å². The van der Waals surface area contributed by atoms with Crippen molar-refractivity contribution in [2.45, 2.75) is 0 Å². The normalized spacial score (nSPS) is 9.58. The molecule has 4 rings (SSSR count). The molecule has 0 saturated carbocycles. The Labute approximate surface area is 163 Å². The van der Waals surface area contributed by atoms with Gasteiger partial charge in [0.05, 0.1) is 7.11 Å². The van der Waals surface area contributed by atoms with Crippen molar-refractivity contribution in [2.75, 3.05) is 12.8 Å². The smallest absolute Gasteiger partial charge is 0.218 e. The molecule has 0 radical (unpaired) electrons. The van der Waals surface area contributed by atoms with E-state index in [2.05, 4.69) is 9.97 Å². The fourth-order valence-corrected chi connectivity index (χ4v) is 2.39. The number of anilines is 1.